The third-order valence-corrected chi connectivity index (χ3v) is 4.93. The Morgan fingerprint density at radius 2 is 2.04 bits per heavy atom. The van der Waals surface area contributed by atoms with Gasteiger partial charge in [0.15, 0.2) is 0 Å². The molecule has 0 radical (unpaired) electrons. The van der Waals surface area contributed by atoms with E-state index < -0.39 is 11.5 Å². The summed E-state index contributed by atoms with van der Waals surface area (Å²) in [6.07, 6.45) is 5.07. The molecule has 126 valence electrons. The van der Waals surface area contributed by atoms with E-state index in [1.807, 2.05) is 0 Å². The first-order valence-corrected chi connectivity index (χ1v) is 7.91. The van der Waals surface area contributed by atoms with E-state index in [-0.39, 0.29) is 12.5 Å². The van der Waals surface area contributed by atoms with Crippen LogP contribution < -0.4 is 16.1 Å². The normalized spacial score (nSPS) is 25.2. The van der Waals surface area contributed by atoms with Crippen LogP contribution in [0.25, 0.3) is 12.2 Å². The highest BCUT2D eigenvalue weighted by Crippen LogP contribution is 2.24. The molecule has 1 aliphatic carbocycles. The van der Waals surface area contributed by atoms with Crippen LogP contribution in [0.2, 0.25) is 0 Å². The minimum absolute atomic E-state index is 0. The summed E-state index contributed by atoms with van der Waals surface area (Å²) in [7, 11) is 3.42. The number of H-pyrrole nitrogens is 1. The van der Waals surface area contributed by atoms with Crippen LogP contribution in [0.1, 0.15) is 25.1 Å². The van der Waals surface area contributed by atoms with Gasteiger partial charge in [-0.1, -0.05) is 6.08 Å². The van der Waals surface area contributed by atoms with Crippen molar-refractivity contribution >= 4 is 18.1 Å². The van der Waals surface area contributed by atoms with E-state index in [1.165, 1.54) is 7.11 Å². The quantitative estimate of drug-likeness (QED) is 0.736. The number of nitrogens with one attached hydrogen (secondary N) is 1. The van der Waals surface area contributed by atoms with Crippen molar-refractivity contribution in [3.8, 4) is 0 Å². The maximum atomic E-state index is 12.1. The second kappa shape index (κ2) is 5.94. The van der Waals surface area contributed by atoms with E-state index in [0.717, 1.165) is 43.2 Å². The summed E-state index contributed by atoms with van der Waals surface area (Å²) in [4.78, 5) is 31.4. The molecule has 6 heteroatoms. The van der Waals surface area contributed by atoms with Crippen molar-refractivity contribution in [1.82, 2.24) is 14.8 Å². The van der Waals surface area contributed by atoms with E-state index >= 15 is 0 Å². The lowest BCUT2D eigenvalue weighted by Gasteiger charge is -2.44. The lowest BCUT2D eigenvalue weighted by molar-refractivity contribution is 0.0598. The SMILES string of the molecule is COC(=O)c1cc2c([nH]c1=O)=CC(C)(N1CCN(C)CC1)CC=2.[HH]. The van der Waals surface area contributed by atoms with Gasteiger partial charge in [0, 0.05) is 38.5 Å². The van der Waals surface area contributed by atoms with E-state index in [1.54, 1.807) is 6.07 Å². The number of aromatic amines is 1. The van der Waals surface area contributed by atoms with E-state index in [9.17, 15) is 9.59 Å². The van der Waals surface area contributed by atoms with Gasteiger partial charge in [-0.05, 0) is 37.8 Å². The molecule has 2 aliphatic rings. The van der Waals surface area contributed by atoms with Gasteiger partial charge in [0.25, 0.3) is 5.56 Å². The molecule has 0 bridgehead atoms. The molecule has 3 rings (SSSR count). The molecule has 0 aromatic carbocycles. The lowest BCUT2D eigenvalue weighted by Crippen LogP contribution is -2.56. The Labute approximate surface area is 136 Å². The topological polar surface area (TPSA) is 65.6 Å². The molecule has 0 spiro atoms. The standard InChI is InChI=1S/C17H23N3O3.H2/c1-17(20-8-6-19(2)7-9-20)5-4-12-10-13(16(22)23-3)15(21)18-14(12)11-17;/h4,10-11H,5-9H2,1-3H3,(H,18,21);1H. The highest BCUT2D eigenvalue weighted by Gasteiger charge is 2.32. The van der Waals surface area contributed by atoms with Crippen LogP contribution in [-0.2, 0) is 4.74 Å². The van der Waals surface area contributed by atoms with Crippen LogP contribution in [0.15, 0.2) is 10.9 Å². The number of ether oxygens (including phenoxy) is 1. The largest absolute Gasteiger partial charge is 0.465 e. The summed E-state index contributed by atoms with van der Waals surface area (Å²) >= 11 is 0. The van der Waals surface area contributed by atoms with Crippen molar-refractivity contribution in [1.29, 1.82) is 0 Å². The summed E-state index contributed by atoms with van der Waals surface area (Å²) in [6, 6.07) is 1.63. The van der Waals surface area contributed by atoms with Gasteiger partial charge in [0.1, 0.15) is 5.56 Å². The molecule has 0 amide bonds. The van der Waals surface area contributed by atoms with E-state index in [0.29, 0.717) is 0 Å². The molecule has 2 heterocycles. The number of hydrogen-bond acceptors (Lipinski definition) is 5. The Bertz CT molecular complexity index is 796. The molecule has 1 aromatic heterocycles. The summed E-state index contributed by atoms with van der Waals surface area (Å²) in [5.41, 5.74) is -0.453. The van der Waals surface area contributed by atoms with Gasteiger partial charge in [0.2, 0.25) is 0 Å². The first kappa shape index (κ1) is 16.0. The Balaban J connectivity index is 0.00000208. The monoisotopic (exact) mass is 319 g/mol. The molecule has 1 N–H and O–H groups in total. The second-order valence-electron chi connectivity index (χ2n) is 6.57. The maximum absolute atomic E-state index is 12.1. The number of nitrogens with zero attached hydrogens (tertiary/aromatic N) is 2. The number of esters is 1. The number of carbonyl (C=O) groups is 1. The van der Waals surface area contributed by atoms with Crippen molar-refractivity contribution in [3.63, 3.8) is 0 Å². The van der Waals surface area contributed by atoms with Gasteiger partial charge >= 0.3 is 5.97 Å². The molecule has 1 saturated heterocycles. The van der Waals surface area contributed by atoms with Gasteiger partial charge in [-0.2, -0.15) is 0 Å². The zero-order chi connectivity index (χ0) is 16.6. The number of piperazine rings is 1. The molecular weight excluding hydrogens is 294 g/mol. The number of methoxy groups -OCH3 is 1. The van der Waals surface area contributed by atoms with Gasteiger partial charge in [-0.15, -0.1) is 0 Å². The molecule has 23 heavy (non-hydrogen) atoms. The number of fused-ring (bicyclic) bond motifs is 1. The fraction of sp³-hybridized carbons (Fsp3) is 0.529. The van der Waals surface area contributed by atoms with Crippen LogP contribution in [-0.4, -0.2) is 66.6 Å². The third-order valence-electron chi connectivity index (χ3n) is 4.93. The first-order valence-electron chi connectivity index (χ1n) is 7.91. The van der Waals surface area contributed by atoms with Crippen LogP contribution in [0.5, 0.6) is 0 Å². The Morgan fingerprint density at radius 1 is 1.35 bits per heavy atom. The van der Waals surface area contributed by atoms with Crippen LogP contribution in [0.4, 0.5) is 0 Å². The van der Waals surface area contributed by atoms with E-state index in [2.05, 4.69) is 45.6 Å². The average Bonchev–Trinajstić information content (AvgIpc) is 2.54. The highest BCUT2D eigenvalue weighted by atomic mass is 16.5. The molecule has 6 nitrogen and oxygen atoms in total. The predicted molar refractivity (Wildman–Crippen MR) is 90.8 cm³/mol. The minimum Gasteiger partial charge on any atom is -0.465 e. The smallest absolute Gasteiger partial charge is 0.343 e. The first-order chi connectivity index (χ1) is 10.9. The number of pyridine rings is 1. The van der Waals surface area contributed by atoms with Crippen molar-refractivity contribution in [2.24, 2.45) is 0 Å². The van der Waals surface area contributed by atoms with Crippen LogP contribution >= 0.6 is 0 Å². The highest BCUT2D eigenvalue weighted by molar-refractivity contribution is 5.88. The van der Waals surface area contributed by atoms with Gasteiger partial charge in [0.05, 0.1) is 7.11 Å². The van der Waals surface area contributed by atoms with Gasteiger partial charge in [-0.3, -0.25) is 9.69 Å². The van der Waals surface area contributed by atoms with Crippen LogP contribution in [0, 0.1) is 0 Å². The zero-order valence-corrected chi connectivity index (χ0v) is 13.9. The molecule has 1 aliphatic heterocycles. The van der Waals surface area contributed by atoms with Crippen LogP contribution in [0.3, 0.4) is 0 Å². The van der Waals surface area contributed by atoms with Gasteiger partial charge < -0.3 is 14.6 Å². The molecular formula is C17H25N3O3. The second-order valence-corrected chi connectivity index (χ2v) is 6.57. The van der Waals surface area contributed by atoms with Gasteiger partial charge in [-0.25, -0.2) is 4.79 Å². The summed E-state index contributed by atoms with van der Waals surface area (Å²) in [5.74, 6) is -0.602. The summed E-state index contributed by atoms with van der Waals surface area (Å²) < 4.78 is 4.66. The summed E-state index contributed by atoms with van der Waals surface area (Å²) in [5, 5.41) is 1.67. The summed E-state index contributed by atoms with van der Waals surface area (Å²) in [6.45, 7) is 6.32. The number of carbonyl (C=O) groups excluding carboxylic acids is 1. The number of likely N-dealkylation sites (N-methyl/N-ethyl adjacent to an activating group) is 1. The maximum Gasteiger partial charge on any atom is 0.343 e. The van der Waals surface area contributed by atoms with E-state index in [4.69, 9.17) is 0 Å². The lowest BCUT2D eigenvalue weighted by atomic mass is 9.89. The average molecular weight is 319 g/mol. The Hall–Kier alpha value is -1.92. The molecule has 0 saturated carbocycles. The number of hydrogen-bond donors (Lipinski definition) is 1. The van der Waals surface area contributed by atoms with Crippen molar-refractivity contribution in [3.05, 3.63) is 32.6 Å². The molecule has 1 fully saturated rings. The molecule has 1 aromatic rings. The number of rotatable bonds is 2. The van der Waals surface area contributed by atoms with Crippen molar-refractivity contribution in [2.75, 3.05) is 40.3 Å². The fourth-order valence-corrected chi connectivity index (χ4v) is 3.33. The van der Waals surface area contributed by atoms with Crippen molar-refractivity contribution < 1.29 is 11.0 Å². The molecule has 1 unspecified atom stereocenters. The molecule has 1 atom stereocenters. The third kappa shape index (κ3) is 2.96. The predicted octanol–water partition coefficient (Wildman–Crippen LogP) is -0.622. The number of aromatic nitrogens is 1. The fourth-order valence-electron chi connectivity index (χ4n) is 3.33. The minimum atomic E-state index is -0.602. The Kier molecular flexibility index (Phi) is 4.12. The zero-order valence-electron chi connectivity index (χ0n) is 13.9. The van der Waals surface area contributed by atoms with Crippen molar-refractivity contribution in [2.45, 2.75) is 18.9 Å². The Morgan fingerprint density at radius 3 is 2.70 bits per heavy atom.